The van der Waals surface area contributed by atoms with E-state index in [1.54, 1.807) is 30.3 Å². The average molecular weight is 404 g/mol. The molecule has 0 spiro atoms. The molecule has 144 valence electrons. The number of alkyl carbamates (subject to hydrolysis) is 1. The fourth-order valence-corrected chi connectivity index (χ4v) is 3.14. The summed E-state index contributed by atoms with van der Waals surface area (Å²) in [7, 11) is 0. The van der Waals surface area contributed by atoms with Gasteiger partial charge < -0.3 is 15.0 Å². The number of nitrogens with one attached hydrogen (secondary N) is 1. The minimum absolute atomic E-state index is 0.00397. The number of halogens is 2. The molecule has 1 saturated heterocycles. The van der Waals surface area contributed by atoms with Crippen molar-refractivity contribution in [3.8, 4) is 0 Å². The molecule has 2 aromatic rings. The molecule has 1 heterocycles. The van der Waals surface area contributed by atoms with Gasteiger partial charge in [0, 0.05) is 35.1 Å². The van der Waals surface area contributed by atoms with E-state index in [1.807, 2.05) is 0 Å². The quantitative estimate of drug-likeness (QED) is 0.460. The lowest BCUT2D eigenvalue weighted by Gasteiger charge is -2.23. The highest BCUT2D eigenvalue weighted by molar-refractivity contribution is 6.30. The van der Waals surface area contributed by atoms with Gasteiger partial charge in [0.25, 0.3) is 11.6 Å². The first-order valence-electron chi connectivity index (χ1n) is 8.28. The molecular weight excluding hydrogens is 389 g/mol. The van der Waals surface area contributed by atoms with Crippen LogP contribution in [0.15, 0.2) is 53.6 Å². The third-order valence-corrected chi connectivity index (χ3v) is 4.37. The van der Waals surface area contributed by atoms with Crippen LogP contribution in [0.3, 0.4) is 0 Å². The minimum Gasteiger partial charge on any atom is -0.426 e. The molecule has 1 N–H and O–H groups in total. The van der Waals surface area contributed by atoms with Crippen molar-refractivity contribution in [1.82, 2.24) is 5.32 Å². The molecule has 1 aliphatic rings. The molecule has 1 aliphatic heterocycles. The molecule has 0 saturated carbocycles. The van der Waals surface area contributed by atoms with Gasteiger partial charge in [0.2, 0.25) is 0 Å². The topological polar surface area (TPSA) is 107 Å². The molecule has 1 atom stereocenters. The molecule has 28 heavy (non-hydrogen) atoms. The second-order valence-electron chi connectivity index (χ2n) is 6.04. The maximum atomic E-state index is 13.4. The number of amides is 2. The van der Waals surface area contributed by atoms with Gasteiger partial charge in [-0.1, -0.05) is 29.8 Å². The van der Waals surface area contributed by atoms with Gasteiger partial charge in [-0.05, 0) is 46.5 Å². The molecule has 1 fully saturated rings. The lowest BCUT2D eigenvalue weighted by atomic mass is 10.2. The van der Waals surface area contributed by atoms with E-state index in [0.29, 0.717) is 11.3 Å². The first-order valence-corrected chi connectivity index (χ1v) is 8.66. The monoisotopic (exact) mass is 403 g/mol. The molecule has 0 bridgehead atoms. The molecule has 0 unspecified atom stereocenters. The molecule has 0 radical (unpaired) electrons. The summed E-state index contributed by atoms with van der Waals surface area (Å²) in [6, 6.07) is 12.6. The number of para-hydroxylation sites is 1. The summed E-state index contributed by atoms with van der Waals surface area (Å²) in [5.41, 5.74) is 7.89. The Hall–Kier alpha value is -3.29. The molecule has 0 aliphatic carbocycles. The fraction of sp³-hybridized carbons (Fsp3) is 0.222. The Morgan fingerprint density at radius 3 is 2.79 bits per heavy atom. The van der Waals surface area contributed by atoms with Crippen molar-refractivity contribution in [2.45, 2.75) is 18.7 Å². The Kier molecular flexibility index (Phi) is 5.67. The van der Waals surface area contributed by atoms with Crippen molar-refractivity contribution in [2.75, 3.05) is 11.4 Å². The molecule has 10 heteroatoms. The predicted molar refractivity (Wildman–Crippen MR) is 100 cm³/mol. The van der Waals surface area contributed by atoms with Gasteiger partial charge >= 0.3 is 6.09 Å². The standard InChI is InChI=1S/C18H15ClFN5O3/c19-13-8-12(9-14(20)10-13)11-22-17(27)28-18(23-24-21)6-7-25(16(18)26)15-4-2-1-3-5-15/h1-5,8-10H,6-7,11H2,(H,22,27)/t18-/m0/s1. The minimum atomic E-state index is -1.98. The number of benzene rings is 2. The average Bonchev–Trinajstić information content (AvgIpc) is 2.97. The van der Waals surface area contributed by atoms with Crippen molar-refractivity contribution in [2.24, 2.45) is 5.11 Å². The largest absolute Gasteiger partial charge is 0.426 e. The number of ether oxygens (including phenoxy) is 1. The van der Waals surface area contributed by atoms with Crippen molar-refractivity contribution in [3.63, 3.8) is 0 Å². The van der Waals surface area contributed by atoms with Crippen LogP contribution in [0.5, 0.6) is 0 Å². The summed E-state index contributed by atoms with van der Waals surface area (Å²) in [5.74, 6) is -1.19. The van der Waals surface area contributed by atoms with E-state index in [4.69, 9.17) is 21.9 Å². The molecule has 0 aromatic heterocycles. The van der Waals surface area contributed by atoms with Crippen LogP contribution in [-0.4, -0.2) is 24.3 Å². The molecule has 2 amide bonds. The van der Waals surface area contributed by atoms with Crippen LogP contribution in [0.25, 0.3) is 10.4 Å². The van der Waals surface area contributed by atoms with E-state index in [2.05, 4.69) is 15.3 Å². The molecule has 8 nitrogen and oxygen atoms in total. The number of carbonyl (C=O) groups excluding carboxylic acids is 2. The first kappa shape index (κ1) is 19.5. The number of nitrogens with zero attached hydrogens (tertiary/aromatic N) is 4. The van der Waals surface area contributed by atoms with Gasteiger partial charge in [-0.15, -0.1) is 0 Å². The summed E-state index contributed by atoms with van der Waals surface area (Å²) in [4.78, 5) is 29.1. The zero-order chi connectivity index (χ0) is 20.1. The van der Waals surface area contributed by atoms with E-state index < -0.39 is 23.5 Å². The first-order chi connectivity index (χ1) is 13.4. The van der Waals surface area contributed by atoms with E-state index >= 15 is 0 Å². The molecule has 2 aromatic carbocycles. The van der Waals surface area contributed by atoms with Crippen LogP contribution in [0, 0.1) is 5.82 Å². The number of rotatable bonds is 5. The zero-order valence-electron chi connectivity index (χ0n) is 14.5. The van der Waals surface area contributed by atoms with Crippen molar-refractivity contribution in [3.05, 3.63) is 75.4 Å². The Bertz CT molecular complexity index is 931. The molecular formula is C18H15ClFN5O3. The van der Waals surface area contributed by atoms with Crippen molar-refractivity contribution in [1.29, 1.82) is 0 Å². The Balaban J connectivity index is 1.71. The van der Waals surface area contributed by atoms with Gasteiger partial charge in [-0.2, -0.15) is 0 Å². The number of azide groups is 1. The van der Waals surface area contributed by atoms with E-state index in [1.165, 1.54) is 17.0 Å². The summed E-state index contributed by atoms with van der Waals surface area (Å²) in [5, 5.41) is 6.04. The van der Waals surface area contributed by atoms with Gasteiger partial charge in [-0.3, -0.25) is 4.79 Å². The van der Waals surface area contributed by atoms with Crippen LogP contribution >= 0.6 is 11.6 Å². The highest BCUT2D eigenvalue weighted by Crippen LogP contribution is 2.32. The third-order valence-electron chi connectivity index (χ3n) is 4.15. The number of carbonyl (C=O) groups is 2. The Morgan fingerprint density at radius 1 is 1.36 bits per heavy atom. The van der Waals surface area contributed by atoms with Gasteiger partial charge in [0.15, 0.2) is 0 Å². The van der Waals surface area contributed by atoms with Crippen molar-refractivity contribution < 1.29 is 18.7 Å². The second kappa shape index (κ2) is 8.16. The second-order valence-corrected chi connectivity index (χ2v) is 6.47. The lowest BCUT2D eigenvalue weighted by molar-refractivity contribution is -0.132. The van der Waals surface area contributed by atoms with Crippen molar-refractivity contribution >= 4 is 29.3 Å². The highest BCUT2D eigenvalue weighted by Gasteiger charge is 2.50. The normalized spacial score (nSPS) is 18.5. The summed E-state index contributed by atoms with van der Waals surface area (Å²) < 4.78 is 18.6. The molecule has 3 rings (SSSR count). The van der Waals surface area contributed by atoms with Gasteiger partial charge in [0.05, 0.1) is 0 Å². The Morgan fingerprint density at radius 2 is 2.11 bits per heavy atom. The van der Waals surface area contributed by atoms with E-state index in [9.17, 15) is 14.0 Å². The summed E-state index contributed by atoms with van der Waals surface area (Å²) in [6.45, 7) is 0.133. The highest BCUT2D eigenvalue weighted by atomic mass is 35.5. The van der Waals surface area contributed by atoms with Crippen LogP contribution in [0.2, 0.25) is 5.02 Å². The third kappa shape index (κ3) is 4.16. The maximum Gasteiger partial charge on any atom is 0.408 e. The number of anilines is 1. The predicted octanol–water partition coefficient (Wildman–Crippen LogP) is 4.15. The smallest absolute Gasteiger partial charge is 0.408 e. The zero-order valence-corrected chi connectivity index (χ0v) is 15.3. The van der Waals surface area contributed by atoms with Crippen LogP contribution in [0.4, 0.5) is 14.9 Å². The summed E-state index contributed by atoms with van der Waals surface area (Å²) >= 11 is 5.77. The fourth-order valence-electron chi connectivity index (χ4n) is 2.89. The van der Waals surface area contributed by atoms with Crippen LogP contribution in [-0.2, 0) is 16.1 Å². The lowest BCUT2D eigenvalue weighted by Crippen LogP contribution is -2.44. The maximum absolute atomic E-state index is 13.4. The van der Waals surface area contributed by atoms with E-state index in [0.717, 1.165) is 6.07 Å². The number of hydrogen-bond donors (Lipinski definition) is 1. The van der Waals surface area contributed by atoms with Crippen LogP contribution < -0.4 is 10.2 Å². The number of hydrogen-bond acceptors (Lipinski definition) is 4. The summed E-state index contributed by atoms with van der Waals surface area (Å²) in [6.07, 6.45) is -0.972. The SMILES string of the molecule is [N-]=[N+]=N[C@]1(OC(=O)NCc2cc(F)cc(Cl)c2)CCN(c2ccccc2)C1=O. The van der Waals surface area contributed by atoms with E-state index in [-0.39, 0.29) is 24.5 Å². The van der Waals surface area contributed by atoms with Gasteiger partial charge in [-0.25, -0.2) is 9.18 Å². The van der Waals surface area contributed by atoms with Gasteiger partial charge in [0.1, 0.15) is 5.82 Å². The Labute approximate surface area is 164 Å². The van der Waals surface area contributed by atoms with Crippen LogP contribution in [0.1, 0.15) is 12.0 Å².